The minimum atomic E-state index is 0.791. The summed E-state index contributed by atoms with van der Waals surface area (Å²) in [5.74, 6) is 3.31. The van der Waals surface area contributed by atoms with Gasteiger partial charge >= 0.3 is 0 Å². The van der Waals surface area contributed by atoms with Crippen molar-refractivity contribution in [2.45, 2.75) is 0 Å². The van der Waals surface area contributed by atoms with E-state index in [-0.39, 0.29) is 0 Å². The van der Waals surface area contributed by atoms with E-state index in [9.17, 15) is 0 Å². The normalized spacial score (nSPS) is 12.5. The van der Waals surface area contributed by atoms with E-state index in [2.05, 4.69) is 143 Å². The third-order valence-corrected chi connectivity index (χ3v) is 10.8. The highest BCUT2D eigenvalue weighted by Gasteiger charge is 2.33. The molecule has 0 aliphatic carbocycles. The van der Waals surface area contributed by atoms with Gasteiger partial charge in [0.15, 0.2) is 23.0 Å². The molecule has 4 heterocycles. The number of para-hydroxylation sites is 3. The lowest BCUT2D eigenvalue weighted by Gasteiger charge is -2.28. The lowest BCUT2D eigenvalue weighted by atomic mass is 10.0. The van der Waals surface area contributed by atoms with Crippen LogP contribution < -0.4 is 14.4 Å². The number of benzene rings is 8. The molecule has 0 unspecified atom stereocenters. The molecular weight excluding hydrogens is 653 g/mol. The van der Waals surface area contributed by atoms with Crippen molar-refractivity contribution >= 4 is 60.8 Å². The van der Waals surface area contributed by atoms with Crippen LogP contribution in [0.4, 0.5) is 17.1 Å². The number of rotatable bonds is 5. The number of anilines is 3. The van der Waals surface area contributed by atoms with E-state index < -0.39 is 0 Å². The van der Waals surface area contributed by atoms with E-state index in [1.54, 1.807) is 0 Å². The van der Waals surface area contributed by atoms with Crippen molar-refractivity contribution in [1.29, 1.82) is 0 Å². The second kappa shape index (κ2) is 10.6. The maximum absolute atomic E-state index is 6.79. The van der Waals surface area contributed by atoms with Crippen LogP contribution in [0.3, 0.4) is 0 Å². The molecule has 0 N–H and O–H groups in total. The van der Waals surface area contributed by atoms with Crippen LogP contribution >= 0.6 is 0 Å². The molecule has 0 fully saturated rings. The lowest BCUT2D eigenvalue weighted by molar-refractivity contribution is 0.445. The Bertz CT molecular complexity index is 3100. The summed E-state index contributed by atoms with van der Waals surface area (Å²) < 4.78 is 21.7. The Hall–Kier alpha value is -7.24. The van der Waals surface area contributed by atoms with Crippen molar-refractivity contribution in [1.82, 2.24) is 4.57 Å². The van der Waals surface area contributed by atoms with Crippen molar-refractivity contribution in [2.24, 2.45) is 0 Å². The largest absolute Gasteiger partial charge is 0.456 e. The molecule has 0 saturated heterocycles. The number of hydrogen-bond donors (Lipinski definition) is 0. The first-order valence-corrected chi connectivity index (χ1v) is 17.8. The van der Waals surface area contributed by atoms with Crippen molar-refractivity contribution in [3.05, 3.63) is 170 Å². The molecule has 12 rings (SSSR count). The summed E-state index contributed by atoms with van der Waals surface area (Å²) in [5.41, 5.74) is 12.5. The van der Waals surface area contributed by atoms with Crippen LogP contribution in [-0.4, -0.2) is 4.57 Å². The third kappa shape index (κ3) is 4.07. The number of fused-ring (bicyclic) bond motifs is 4. The standard InChI is InChI=1S/C48H28N2O3/c1-2-8-29(9-3-1)30-16-20-32(21-17-30)49(34-24-27-41-39(28-34)36-10-4-5-12-40(36)51-41)33-22-18-31(19-23-33)35-25-26-38-37-11-6-13-42-45(37)50-46(38)48(35)53-44-15-7-14-43(52-42)47(44)50/h1-28H. The fourth-order valence-electron chi connectivity index (χ4n) is 8.37. The monoisotopic (exact) mass is 680 g/mol. The Balaban J connectivity index is 1.01. The minimum absolute atomic E-state index is 0.791. The fourth-order valence-corrected chi connectivity index (χ4v) is 8.37. The van der Waals surface area contributed by atoms with E-state index in [1.807, 2.05) is 36.4 Å². The molecule has 53 heavy (non-hydrogen) atoms. The van der Waals surface area contributed by atoms with Crippen molar-refractivity contribution in [3.63, 3.8) is 0 Å². The van der Waals surface area contributed by atoms with Crippen LogP contribution in [0, 0.1) is 0 Å². The molecular formula is C48H28N2O3. The zero-order valence-corrected chi connectivity index (χ0v) is 28.3. The first-order valence-electron chi connectivity index (χ1n) is 17.8. The van der Waals surface area contributed by atoms with Gasteiger partial charge in [-0.25, -0.2) is 0 Å². The fraction of sp³-hybridized carbons (Fsp3) is 0. The number of nitrogens with zero attached hydrogens (tertiary/aromatic N) is 2. The average molecular weight is 681 g/mol. The van der Waals surface area contributed by atoms with E-state index in [0.29, 0.717) is 0 Å². The van der Waals surface area contributed by atoms with Crippen LogP contribution in [0.25, 0.3) is 71.7 Å². The van der Waals surface area contributed by atoms with Gasteiger partial charge in [-0.1, -0.05) is 97.1 Å². The molecule has 0 spiro atoms. The Morgan fingerprint density at radius 2 is 1.02 bits per heavy atom. The molecule has 0 amide bonds. The van der Waals surface area contributed by atoms with E-state index >= 15 is 0 Å². The molecule has 0 saturated carbocycles. The number of furan rings is 1. The summed E-state index contributed by atoms with van der Waals surface area (Å²) in [7, 11) is 0. The Morgan fingerprint density at radius 3 is 1.85 bits per heavy atom. The first-order chi connectivity index (χ1) is 26.3. The van der Waals surface area contributed by atoms with Gasteiger partial charge in [0, 0.05) is 44.2 Å². The molecule has 2 aliphatic rings. The Labute approximate surface area is 304 Å². The highest BCUT2D eigenvalue weighted by atomic mass is 16.5. The van der Waals surface area contributed by atoms with Gasteiger partial charge in [-0.3, -0.25) is 4.57 Å². The van der Waals surface area contributed by atoms with Gasteiger partial charge in [-0.2, -0.15) is 0 Å². The van der Waals surface area contributed by atoms with Crippen molar-refractivity contribution in [3.8, 4) is 50.9 Å². The predicted molar refractivity (Wildman–Crippen MR) is 214 cm³/mol. The van der Waals surface area contributed by atoms with E-state index in [1.165, 1.54) is 11.1 Å². The maximum atomic E-state index is 6.79. The maximum Gasteiger partial charge on any atom is 0.160 e. The van der Waals surface area contributed by atoms with Gasteiger partial charge < -0.3 is 18.8 Å². The highest BCUT2D eigenvalue weighted by molar-refractivity contribution is 6.16. The number of ether oxygens (including phenoxy) is 2. The van der Waals surface area contributed by atoms with Crippen LogP contribution in [0.1, 0.15) is 0 Å². The van der Waals surface area contributed by atoms with Crippen molar-refractivity contribution in [2.75, 3.05) is 4.90 Å². The van der Waals surface area contributed by atoms with Crippen LogP contribution in [-0.2, 0) is 0 Å². The smallest absolute Gasteiger partial charge is 0.160 e. The lowest BCUT2D eigenvalue weighted by Crippen LogP contribution is -2.10. The Morgan fingerprint density at radius 1 is 0.396 bits per heavy atom. The molecule has 0 atom stereocenters. The van der Waals surface area contributed by atoms with Gasteiger partial charge in [0.1, 0.15) is 16.9 Å². The molecule has 248 valence electrons. The predicted octanol–water partition coefficient (Wildman–Crippen LogP) is 13.7. The van der Waals surface area contributed by atoms with Gasteiger partial charge in [0.25, 0.3) is 0 Å². The second-order valence-corrected chi connectivity index (χ2v) is 13.7. The van der Waals surface area contributed by atoms with Crippen LogP contribution in [0.15, 0.2) is 174 Å². The topological polar surface area (TPSA) is 39.8 Å². The summed E-state index contributed by atoms with van der Waals surface area (Å²) in [6.45, 7) is 0. The summed E-state index contributed by atoms with van der Waals surface area (Å²) in [6.07, 6.45) is 0. The van der Waals surface area contributed by atoms with Gasteiger partial charge in [-0.15, -0.1) is 0 Å². The summed E-state index contributed by atoms with van der Waals surface area (Å²) in [4.78, 5) is 2.31. The second-order valence-electron chi connectivity index (χ2n) is 13.7. The summed E-state index contributed by atoms with van der Waals surface area (Å²) in [5, 5.41) is 4.50. The van der Waals surface area contributed by atoms with Crippen LogP contribution in [0.5, 0.6) is 23.0 Å². The van der Waals surface area contributed by atoms with Gasteiger partial charge in [0.05, 0.1) is 11.0 Å². The molecule has 0 radical (unpaired) electrons. The number of hydrogen-bond acceptors (Lipinski definition) is 4. The molecule has 0 bridgehead atoms. The quantitative estimate of drug-likeness (QED) is 0.181. The minimum Gasteiger partial charge on any atom is -0.456 e. The van der Waals surface area contributed by atoms with Gasteiger partial charge in [-0.05, 0) is 89.5 Å². The molecule has 2 aliphatic heterocycles. The van der Waals surface area contributed by atoms with E-state index in [4.69, 9.17) is 13.9 Å². The Kier molecular flexibility index (Phi) is 5.71. The summed E-state index contributed by atoms with van der Waals surface area (Å²) >= 11 is 0. The van der Waals surface area contributed by atoms with Crippen molar-refractivity contribution < 1.29 is 13.9 Å². The zero-order valence-electron chi connectivity index (χ0n) is 28.3. The summed E-state index contributed by atoms with van der Waals surface area (Å²) in [6, 6.07) is 59.5. The first kappa shape index (κ1) is 28.5. The van der Waals surface area contributed by atoms with Crippen LogP contribution in [0.2, 0.25) is 0 Å². The van der Waals surface area contributed by atoms with E-state index in [0.717, 1.165) is 101 Å². The SMILES string of the molecule is c1ccc(-c2ccc(N(c3ccc(-c4ccc5c6cccc7c6n6c5c4Oc4cccc(c4-6)O7)cc3)c3ccc4oc5ccccc5c4c3)cc2)cc1. The molecule has 5 nitrogen and oxygen atoms in total. The molecule has 2 aromatic heterocycles. The zero-order chi connectivity index (χ0) is 34.6. The molecule has 8 aromatic carbocycles. The third-order valence-electron chi connectivity index (χ3n) is 10.8. The van der Waals surface area contributed by atoms with Gasteiger partial charge in [0.2, 0.25) is 0 Å². The average Bonchev–Trinajstić information content (AvgIpc) is 3.76. The molecule has 5 heteroatoms. The number of aromatic nitrogens is 1. The molecule has 10 aromatic rings. The highest BCUT2D eigenvalue weighted by Crippen LogP contribution is 2.55.